The fraction of sp³-hybridized carbons (Fsp3) is 0.409. The molecule has 1 heterocycles. The minimum Gasteiger partial charge on any atom is -0.240 e. The van der Waals surface area contributed by atoms with Gasteiger partial charge in [0.05, 0.1) is 6.71 Å². The molecule has 12 heteroatoms. The molecule has 1 aliphatic carbocycles. The predicted octanol–water partition coefficient (Wildman–Crippen LogP) is 4.61. The highest BCUT2D eigenvalue weighted by Gasteiger charge is 2.41. The van der Waals surface area contributed by atoms with Crippen molar-refractivity contribution >= 4 is 23.4 Å². The third kappa shape index (κ3) is 3.78. The van der Waals surface area contributed by atoms with Crippen molar-refractivity contribution in [3.05, 3.63) is 58.2 Å². The average Bonchev–Trinajstić information content (AvgIpc) is 3.33. The molecule has 0 aromatic heterocycles. The van der Waals surface area contributed by atoms with Crippen LogP contribution in [0.5, 0.6) is 0 Å². The first-order chi connectivity index (χ1) is 16.1. The molecule has 2 aromatic carbocycles. The summed E-state index contributed by atoms with van der Waals surface area (Å²) in [5, 5.41) is 0. The molecule has 2 aliphatic rings. The summed E-state index contributed by atoms with van der Waals surface area (Å²) in [5.74, 6) is -24.9. The number of halogens is 10. The topological polar surface area (TPSA) is 3.01 Å². The van der Waals surface area contributed by atoms with Crippen LogP contribution in [0.3, 0.4) is 0 Å². The van der Waals surface area contributed by atoms with Gasteiger partial charge in [0.15, 0.2) is 34.9 Å². The maximum atomic E-state index is 14.9. The lowest BCUT2D eigenvalue weighted by molar-refractivity contribution is -0.539. The second-order valence-corrected chi connectivity index (χ2v) is 8.81. The summed E-state index contributed by atoms with van der Waals surface area (Å²) in [6.45, 7) is -2.54. The fourth-order valence-electron chi connectivity index (χ4n) is 5.58. The summed E-state index contributed by atoms with van der Waals surface area (Å²) < 4.78 is 145. The second kappa shape index (κ2) is 9.26. The van der Waals surface area contributed by atoms with Gasteiger partial charge in [-0.15, -0.1) is 10.9 Å². The number of nitrogens with zero attached hydrogens (tertiary/aromatic N) is 1. The van der Waals surface area contributed by atoms with Crippen molar-refractivity contribution in [3.63, 3.8) is 0 Å². The quantitative estimate of drug-likeness (QED) is 0.192. The summed E-state index contributed by atoms with van der Waals surface area (Å²) in [7, 11) is 0. The number of hydrogen-bond acceptors (Lipinski definition) is 0. The Morgan fingerprint density at radius 3 is 1.29 bits per heavy atom. The number of benzene rings is 2. The highest BCUT2D eigenvalue weighted by atomic mass is 19.2. The zero-order valence-electron chi connectivity index (χ0n) is 17.7. The van der Waals surface area contributed by atoms with E-state index < -0.39 is 81.6 Å². The van der Waals surface area contributed by atoms with Gasteiger partial charge in [-0.1, -0.05) is 12.2 Å². The first-order valence-electron chi connectivity index (χ1n) is 10.9. The highest BCUT2D eigenvalue weighted by molar-refractivity contribution is 6.89. The van der Waals surface area contributed by atoms with E-state index >= 15 is 0 Å². The van der Waals surface area contributed by atoms with Gasteiger partial charge in [-0.3, -0.25) is 0 Å². The monoisotopic (exact) mass is 497 g/mol. The van der Waals surface area contributed by atoms with Crippen LogP contribution in [0.2, 0.25) is 5.82 Å². The van der Waals surface area contributed by atoms with E-state index in [-0.39, 0.29) is 6.42 Å². The van der Waals surface area contributed by atoms with Crippen molar-refractivity contribution in [2.24, 2.45) is 0 Å². The van der Waals surface area contributed by atoms with Gasteiger partial charge >= 0.3 is 0 Å². The third-order valence-electron chi connectivity index (χ3n) is 7.08. The Morgan fingerprint density at radius 2 is 0.882 bits per heavy atom. The lowest BCUT2D eigenvalue weighted by Crippen LogP contribution is -2.55. The van der Waals surface area contributed by atoms with E-state index in [1.807, 2.05) is 4.58 Å². The maximum absolute atomic E-state index is 14.9. The third-order valence-corrected chi connectivity index (χ3v) is 7.08. The van der Waals surface area contributed by atoms with Crippen LogP contribution in [0.15, 0.2) is 0 Å². The molecule has 2 fully saturated rings. The minimum atomic E-state index is -3.52. The van der Waals surface area contributed by atoms with Gasteiger partial charge in [0, 0.05) is 19.3 Å². The summed E-state index contributed by atoms with van der Waals surface area (Å²) in [6, 6.07) is 0. The first kappa shape index (κ1) is 24.6. The zero-order valence-corrected chi connectivity index (χ0v) is 17.7. The molecular formula is C22H18BF10N. The normalized spacial score (nSPS) is 19.0. The minimum absolute atomic E-state index is 0.0187. The summed E-state index contributed by atoms with van der Waals surface area (Å²) >= 11 is 0. The Hall–Kier alpha value is -2.53. The van der Waals surface area contributed by atoms with E-state index in [1.165, 1.54) is 0 Å². The Balaban J connectivity index is 2.07. The molecule has 2 aromatic rings. The van der Waals surface area contributed by atoms with Gasteiger partial charge in [-0.2, -0.15) is 0 Å². The molecule has 34 heavy (non-hydrogen) atoms. The fourth-order valence-corrected chi connectivity index (χ4v) is 5.58. The smallest absolute Gasteiger partial charge is 0.200 e. The van der Waals surface area contributed by atoms with Gasteiger partial charge in [0.25, 0.3) is 0 Å². The summed E-state index contributed by atoms with van der Waals surface area (Å²) in [5.41, 5.74) is -2.62. The molecular weight excluding hydrogens is 479 g/mol. The number of rotatable bonds is 3. The lowest BCUT2D eigenvalue weighted by atomic mass is 9.32. The first-order valence-corrected chi connectivity index (χ1v) is 10.9. The molecule has 1 atom stereocenters. The molecule has 4 rings (SSSR count). The Bertz CT molecular complexity index is 1060. The molecule has 0 spiro atoms. The van der Waals surface area contributed by atoms with E-state index in [0.29, 0.717) is 31.6 Å². The standard InChI is InChI=1S/C22H18BF10N/c24-13-11(14(25)18(29)21(32)17(13)28)23(12-15(26)19(30)22(33)20(31)16(12)27)9-5-4-6-10(9)34-7-2-1-3-8-34/h9,23H,1-8H2/t9-/m0/s1. The van der Waals surface area contributed by atoms with Crippen molar-refractivity contribution in [2.75, 3.05) is 13.1 Å². The van der Waals surface area contributed by atoms with Gasteiger partial charge in [-0.25, -0.2) is 48.5 Å². The summed E-state index contributed by atoms with van der Waals surface area (Å²) in [6.07, 6.45) is 3.04. The van der Waals surface area contributed by atoms with Crippen LogP contribution in [0, 0.1) is 58.2 Å². The predicted molar refractivity (Wildman–Crippen MR) is 105 cm³/mol. The SMILES string of the molecule is Fc1c(F)c(F)c([BH-](c2c(F)c(F)c(F)c(F)c2F)[C@H]2CCCC2=[N+]2CCCCC2)c(F)c1F. The van der Waals surface area contributed by atoms with Gasteiger partial charge in [-0.05, 0) is 12.8 Å². The second-order valence-electron chi connectivity index (χ2n) is 8.81. The van der Waals surface area contributed by atoms with Crippen LogP contribution in [0.1, 0.15) is 38.5 Å². The molecule has 0 N–H and O–H groups in total. The molecule has 1 aliphatic heterocycles. The van der Waals surface area contributed by atoms with Crippen LogP contribution >= 0.6 is 0 Å². The molecule has 1 saturated heterocycles. The largest absolute Gasteiger partial charge is 0.240 e. The molecule has 0 amide bonds. The van der Waals surface area contributed by atoms with Crippen LogP contribution in [-0.4, -0.2) is 30.1 Å². The van der Waals surface area contributed by atoms with Gasteiger partial charge < -0.3 is 0 Å². The molecule has 1 nitrogen and oxygen atoms in total. The highest BCUT2D eigenvalue weighted by Crippen LogP contribution is 2.34. The van der Waals surface area contributed by atoms with Crippen LogP contribution in [0.4, 0.5) is 43.9 Å². The molecule has 1 saturated carbocycles. The van der Waals surface area contributed by atoms with Crippen molar-refractivity contribution in [1.82, 2.24) is 0 Å². The average molecular weight is 497 g/mol. The Labute approximate surface area is 188 Å². The molecule has 0 bridgehead atoms. The van der Waals surface area contributed by atoms with E-state index in [9.17, 15) is 43.9 Å². The van der Waals surface area contributed by atoms with Gasteiger partial charge in [0.1, 0.15) is 42.1 Å². The van der Waals surface area contributed by atoms with Crippen molar-refractivity contribution in [2.45, 2.75) is 44.3 Å². The van der Waals surface area contributed by atoms with Crippen LogP contribution < -0.4 is 10.9 Å². The van der Waals surface area contributed by atoms with E-state index in [1.54, 1.807) is 0 Å². The van der Waals surface area contributed by atoms with E-state index in [4.69, 9.17) is 0 Å². The van der Waals surface area contributed by atoms with Gasteiger partial charge in [0.2, 0.25) is 0 Å². The zero-order chi connectivity index (χ0) is 24.9. The molecule has 0 unspecified atom stereocenters. The van der Waals surface area contributed by atoms with Crippen molar-refractivity contribution < 1.29 is 48.5 Å². The molecule has 184 valence electrons. The van der Waals surface area contributed by atoms with Crippen molar-refractivity contribution in [3.8, 4) is 0 Å². The Kier molecular flexibility index (Phi) is 6.70. The number of piperidine rings is 1. The van der Waals surface area contributed by atoms with E-state index in [2.05, 4.69) is 0 Å². The van der Waals surface area contributed by atoms with Crippen LogP contribution in [0.25, 0.3) is 0 Å². The lowest BCUT2D eigenvalue weighted by Gasteiger charge is -2.33. The molecule has 0 radical (unpaired) electrons. The maximum Gasteiger partial charge on any atom is 0.200 e. The Morgan fingerprint density at radius 1 is 0.500 bits per heavy atom. The van der Waals surface area contributed by atoms with E-state index in [0.717, 1.165) is 19.3 Å². The van der Waals surface area contributed by atoms with Crippen molar-refractivity contribution in [1.29, 1.82) is 0 Å². The van der Waals surface area contributed by atoms with Crippen LogP contribution in [-0.2, 0) is 0 Å². The number of hydrogen-bond donors (Lipinski definition) is 0. The summed E-state index contributed by atoms with van der Waals surface area (Å²) in [4.78, 5) is 0.